The molecule has 0 saturated carbocycles. The van der Waals surface area contributed by atoms with E-state index >= 15 is 0 Å². The van der Waals surface area contributed by atoms with Crippen molar-refractivity contribution in [2.24, 2.45) is 0 Å². The number of benzene rings is 2. The third-order valence-corrected chi connectivity index (χ3v) is 2.97. The number of fused-ring (bicyclic) bond motifs is 1. The molecule has 2 heteroatoms. The predicted molar refractivity (Wildman–Crippen MR) is 71.7 cm³/mol. The zero-order valence-corrected chi connectivity index (χ0v) is 9.80. The Morgan fingerprint density at radius 3 is 2.44 bits per heavy atom. The lowest BCUT2D eigenvalue weighted by Crippen LogP contribution is -2.01. The molecule has 2 aromatic carbocycles. The van der Waals surface area contributed by atoms with Gasteiger partial charge in [0, 0.05) is 11.5 Å². The van der Waals surface area contributed by atoms with E-state index in [4.69, 9.17) is 4.42 Å². The molecule has 1 aromatic heterocycles. The smallest absolute Gasteiger partial charge is 0.336 e. The van der Waals surface area contributed by atoms with Gasteiger partial charge in [0.15, 0.2) is 0 Å². The summed E-state index contributed by atoms with van der Waals surface area (Å²) in [4.78, 5) is 11.5. The van der Waals surface area contributed by atoms with Crippen LogP contribution < -0.4 is 5.63 Å². The molecular weight excluding hydrogens is 224 g/mol. The van der Waals surface area contributed by atoms with Gasteiger partial charge in [-0.25, -0.2) is 4.79 Å². The van der Waals surface area contributed by atoms with E-state index < -0.39 is 0 Å². The first-order valence-corrected chi connectivity index (χ1v) is 5.88. The van der Waals surface area contributed by atoms with Crippen molar-refractivity contribution in [1.82, 2.24) is 0 Å². The Balaban J connectivity index is 2.14. The number of rotatable bonds is 2. The van der Waals surface area contributed by atoms with Crippen LogP contribution in [0.1, 0.15) is 11.1 Å². The summed E-state index contributed by atoms with van der Waals surface area (Å²) in [6.07, 6.45) is 0.743. The lowest BCUT2D eigenvalue weighted by atomic mass is 10.0. The highest BCUT2D eigenvalue weighted by Gasteiger charge is 2.05. The van der Waals surface area contributed by atoms with E-state index in [1.165, 1.54) is 5.56 Å². The topological polar surface area (TPSA) is 30.2 Å². The van der Waals surface area contributed by atoms with Crippen molar-refractivity contribution in [1.29, 1.82) is 0 Å². The van der Waals surface area contributed by atoms with Crippen molar-refractivity contribution in [3.63, 3.8) is 0 Å². The second-order valence-electron chi connectivity index (χ2n) is 4.25. The van der Waals surface area contributed by atoms with Crippen LogP contribution in [0.5, 0.6) is 0 Å². The normalized spacial score (nSPS) is 10.7. The molecule has 0 aliphatic rings. The third kappa shape index (κ3) is 2.05. The van der Waals surface area contributed by atoms with Gasteiger partial charge in [-0.05, 0) is 23.6 Å². The van der Waals surface area contributed by atoms with E-state index in [0.29, 0.717) is 5.58 Å². The Bertz CT molecular complexity index is 727. The average molecular weight is 236 g/mol. The standard InChI is InChI=1S/C16H12O2/c17-16-11-13(10-12-6-2-1-3-7-12)14-8-4-5-9-15(14)18-16/h1-9,11H,10H2. The molecule has 0 N–H and O–H groups in total. The van der Waals surface area contributed by atoms with E-state index in [1.807, 2.05) is 42.5 Å². The Kier molecular flexibility index (Phi) is 2.69. The largest absolute Gasteiger partial charge is 0.423 e. The predicted octanol–water partition coefficient (Wildman–Crippen LogP) is 3.38. The maximum atomic E-state index is 11.5. The van der Waals surface area contributed by atoms with Gasteiger partial charge < -0.3 is 4.42 Å². The van der Waals surface area contributed by atoms with Gasteiger partial charge in [0.2, 0.25) is 0 Å². The van der Waals surface area contributed by atoms with Gasteiger partial charge in [-0.15, -0.1) is 0 Å². The molecule has 1 heterocycles. The van der Waals surface area contributed by atoms with Crippen LogP contribution in [0.25, 0.3) is 11.0 Å². The van der Waals surface area contributed by atoms with Crippen molar-refractivity contribution >= 4 is 11.0 Å². The Labute approximate surface area is 105 Å². The lowest BCUT2D eigenvalue weighted by molar-refractivity contribution is 0.559. The van der Waals surface area contributed by atoms with Gasteiger partial charge in [-0.3, -0.25) is 0 Å². The highest BCUT2D eigenvalue weighted by Crippen LogP contribution is 2.19. The van der Waals surface area contributed by atoms with Crippen molar-refractivity contribution < 1.29 is 4.42 Å². The molecule has 3 rings (SSSR count). The molecule has 0 aliphatic carbocycles. The molecule has 3 aromatic rings. The summed E-state index contributed by atoms with van der Waals surface area (Å²) in [6.45, 7) is 0. The van der Waals surface area contributed by atoms with E-state index in [0.717, 1.165) is 17.4 Å². The molecule has 0 aliphatic heterocycles. The fourth-order valence-electron chi connectivity index (χ4n) is 2.14. The summed E-state index contributed by atoms with van der Waals surface area (Å²) in [6, 6.07) is 19.3. The van der Waals surface area contributed by atoms with Gasteiger partial charge in [0.1, 0.15) is 5.58 Å². The van der Waals surface area contributed by atoms with Crippen molar-refractivity contribution in [3.8, 4) is 0 Å². The summed E-state index contributed by atoms with van der Waals surface area (Å²) < 4.78 is 5.18. The van der Waals surface area contributed by atoms with Crippen LogP contribution in [0.2, 0.25) is 0 Å². The quantitative estimate of drug-likeness (QED) is 0.638. The molecule has 18 heavy (non-hydrogen) atoms. The van der Waals surface area contributed by atoms with Crippen LogP contribution in [0.3, 0.4) is 0 Å². The first-order valence-electron chi connectivity index (χ1n) is 5.88. The van der Waals surface area contributed by atoms with E-state index in [9.17, 15) is 4.79 Å². The monoisotopic (exact) mass is 236 g/mol. The summed E-state index contributed by atoms with van der Waals surface area (Å²) in [7, 11) is 0. The first kappa shape index (κ1) is 10.8. The molecule has 0 bridgehead atoms. The van der Waals surface area contributed by atoms with E-state index in [1.54, 1.807) is 6.07 Å². The van der Waals surface area contributed by atoms with Crippen molar-refractivity contribution in [3.05, 3.63) is 82.2 Å². The minimum absolute atomic E-state index is 0.292. The average Bonchev–Trinajstić information content (AvgIpc) is 2.40. The number of para-hydroxylation sites is 1. The van der Waals surface area contributed by atoms with Gasteiger partial charge in [0.25, 0.3) is 0 Å². The van der Waals surface area contributed by atoms with Crippen LogP contribution in [0.15, 0.2) is 69.9 Å². The molecule has 0 amide bonds. The molecule has 0 radical (unpaired) electrons. The summed E-state index contributed by atoms with van der Waals surface area (Å²) in [5.41, 5.74) is 2.55. The number of hydrogen-bond donors (Lipinski definition) is 0. The second kappa shape index (κ2) is 4.49. The number of hydrogen-bond acceptors (Lipinski definition) is 2. The van der Waals surface area contributed by atoms with E-state index in [-0.39, 0.29) is 5.63 Å². The van der Waals surface area contributed by atoms with Crippen molar-refractivity contribution in [2.45, 2.75) is 6.42 Å². The molecule has 0 fully saturated rings. The molecule has 0 unspecified atom stereocenters. The van der Waals surface area contributed by atoms with E-state index in [2.05, 4.69) is 12.1 Å². The summed E-state index contributed by atoms with van der Waals surface area (Å²) in [5.74, 6) is 0. The molecule has 0 atom stereocenters. The van der Waals surface area contributed by atoms with Crippen LogP contribution >= 0.6 is 0 Å². The van der Waals surface area contributed by atoms with Crippen LogP contribution in [0.4, 0.5) is 0 Å². The maximum absolute atomic E-state index is 11.5. The van der Waals surface area contributed by atoms with Crippen LogP contribution in [-0.2, 0) is 6.42 Å². The zero-order chi connectivity index (χ0) is 12.4. The highest BCUT2D eigenvalue weighted by molar-refractivity contribution is 5.80. The summed E-state index contributed by atoms with van der Waals surface area (Å²) >= 11 is 0. The Hall–Kier alpha value is -2.35. The Morgan fingerprint density at radius 1 is 0.889 bits per heavy atom. The molecule has 0 saturated heterocycles. The fourth-order valence-corrected chi connectivity index (χ4v) is 2.14. The minimum atomic E-state index is -0.292. The van der Waals surface area contributed by atoms with Crippen LogP contribution in [-0.4, -0.2) is 0 Å². The molecule has 2 nitrogen and oxygen atoms in total. The molecular formula is C16H12O2. The fraction of sp³-hybridized carbons (Fsp3) is 0.0625. The highest BCUT2D eigenvalue weighted by atomic mass is 16.4. The van der Waals surface area contributed by atoms with Gasteiger partial charge in [-0.1, -0.05) is 48.5 Å². The van der Waals surface area contributed by atoms with Gasteiger partial charge >= 0.3 is 5.63 Å². The maximum Gasteiger partial charge on any atom is 0.336 e. The second-order valence-corrected chi connectivity index (χ2v) is 4.25. The Morgan fingerprint density at radius 2 is 1.61 bits per heavy atom. The van der Waals surface area contributed by atoms with Gasteiger partial charge in [0.05, 0.1) is 0 Å². The minimum Gasteiger partial charge on any atom is -0.423 e. The molecule has 0 spiro atoms. The SMILES string of the molecule is O=c1cc(Cc2ccccc2)c2ccccc2o1. The van der Waals surface area contributed by atoms with Crippen LogP contribution in [0, 0.1) is 0 Å². The first-order chi connectivity index (χ1) is 8.83. The van der Waals surface area contributed by atoms with Crippen molar-refractivity contribution in [2.75, 3.05) is 0 Å². The lowest BCUT2D eigenvalue weighted by Gasteiger charge is -2.05. The summed E-state index contributed by atoms with van der Waals surface area (Å²) in [5, 5.41) is 1.00. The zero-order valence-electron chi connectivity index (χ0n) is 9.80. The van der Waals surface area contributed by atoms with Gasteiger partial charge in [-0.2, -0.15) is 0 Å². The molecule has 88 valence electrons. The third-order valence-electron chi connectivity index (χ3n) is 2.97.